The lowest BCUT2D eigenvalue weighted by Crippen LogP contribution is -2.39. The number of hydrogen-bond donors (Lipinski definition) is 1. The molecule has 1 saturated heterocycles. The van der Waals surface area contributed by atoms with Gasteiger partial charge in [-0.3, -0.25) is 4.79 Å². The molecule has 4 rings (SSSR count). The molecule has 0 spiro atoms. The molecule has 0 radical (unpaired) electrons. The Kier molecular flexibility index (Phi) is 3.21. The molecule has 1 N–H and O–H groups in total. The van der Waals surface area contributed by atoms with Crippen molar-refractivity contribution in [2.24, 2.45) is 5.92 Å². The average Bonchev–Trinajstić information content (AvgIpc) is 3.24. The van der Waals surface area contributed by atoms with Crippen LogP contribution in [-0.2, 0) is 0 Å². The van der Waals surface area contributed by atoms with E-state index in [1.807, 2.05) is 30.5 Å². The molecule has 1 aliphatic heterocycles. The minimum atomic E-state index is 0.229. The van der Waals surface area contributed by atoms with Crippen LogP contribution < -0.4 is 0 Å². The van der Waals surface area contributed by atoms with Gasteiger partial charge in [-0.1, -0.05) is 12.8 Å². The highest BCUT2D eigenvalue weighted by molar-refractivity contribution is 5.98. The largest absolute Gasteiger partial charge is 0.361 e. The lowest BCUT2D eigenvalue weighted by Gasteiger charge is -2.29. The van der Waals surface area contributed by atoms with Gasteiger partial charge in [0.15, 0.2) is 0 Å². The molecule has 2 heterocycles. The van der Waals surface area contributed by atoms with Crippen molar-refractivity contribution in [3.8, 4) is 0 Å². The van der Waals surface area contributed by atoms with E-state index in [1.54, 1.807) is 0 Å². The van der Waals surface area contributed by atoms with Crippen molar-refractivity contribution >= 4 is 16.8 Å². The van der Waals surface area contributed by atoms with Crippen LogP contribution in [0.25, 0.3) is 10.9 Å². The highest BCUT2D eigenvalue weighted by Gasteiger charge is 2.36. The second-order valence-electron chi connectivity index (χ2n) is 6.53. The van der Waals surface area contributed by atoms with Crippen molar-refractivity contribution < 1.29 is 4.79 Å². The van der Waals surface area contributed by atoms with Gasteiger partial charge < -0.3 is 9.88 Å². The van der Waals surface area contributed by atoms with Gasteiger partial charge in [0.2, 0.25) is 0 Å². The summed E-state index contributed by atoms with van der Waals surface area (Å²) in [5, 5.41) is 1.12. The normalized spacial score (nSPS) is 23.2. The molecular weight excluding hydrogens is 260 g/mol. The fraction of sp³-hybridized carbons (Fsp3) is 0.500. The maximum atomic E-state index is 12.9. The molecule has 1 unspecified atom stereocenters. The van der Waals surface area contributed by atoms with E-state index in [4.69, 9.17) is 0 Å². The first-order chi connectivity index (χ1) is 10.3. The molecule has 1 aromatic heterocycles. The molecule has 0 bridgehead atoms. The average molecular weight is 282 g/mol. The molecule has 110 valence electrons. The van der Waals surface area contributed by atoms with Crippen molar-refractivity contribution in [3.05, 3.63) is 36.0 Å². The fourth-order valence-corrected chi connectivity index (χ4v) is 4.23. The van der Waals surface area contributed by atoms with E-state index in [2.05, 4.69) is 9.88 Å². The first-order valence-corrected chi connectivity index (χ1v) is 8.21. The number of aromatic nitrogens is 1. The SMILES string of the molecule is O=C(c1ccc2[nH]ccc2c1)N1CCCC1C1CCCC1. The highest BCUT2D eigenvalue weighted by atomic mass is 16.2. The standard InChI is InChI=1S/C18H22N2O/c21-18(15-7-8-16-14(12-15)9-10-19-16)20-11-3-6-17(20)13-4-1-2-5-13/h7-10,12-13,17,19H,1-6,11H2. The number of nitrogens with one attached hydrogen (secondary N) is 1. The fourth-order valence-electron chi connectivity index (χ4n) is 4.23. The maximum absolute atomic E-state index is 12.9. The number of rotatable bonds is 2. The molecule has 1 aromatic carbocycles. The van der Waals surface area contributed by atoms with Crippen LogP contribution in [-0.4, -0.2) is 28.4 Å². The topological polar surface area (TPSA) is 36.1 Å². The second kappa shape index (κ2) is 5.21. The Bertz CT molecular complexity index is 654. The van der Waals surface area contributed by atoms with Gasteiger partial charge in [0.25, 0.3) is 5.91 Å². The monoisotopic (exact) mass is 282 g/mol. The van der Waals surface area contributed by atoms with Gasteiger partial charge in [-0.25, -0.2) is 0 Å². The number of carbonyl (C=O) groups excluding carboxylic acids is 1. The molecule has 2 aromatic rings. The Morgan fingerprint density at radius 1 is 1.10 bits per heavy atom. The Balaban J connectivity index is 1.60. The van der Waals surface area contributed by atoms with Crippen molar-refractivity contribution in [1.29, 1.82) is 0 Å². The Labute approximate surface area is 125 Å². The zero-order chi connectivity index (χ0) is 14.2. The van der Waals surface area contributed by atoms with Crippen LogP contribution in [0.15, 0.2) is 30.5 Å². The van der Waals surface area contributed by atoms with Gasteiger partial charge in [-0.05, 0) is 55.9 Å². The van der Waals surface area contributed by atoms with Crippen LogP contribution in [0.3, 0.4) is 0 Å². The van der Waals surface area contributed by atoms with Crippen molar-refractivity contribution in [2.75, 3.05) is 6.54 Å². The molecule has 2 fully saturated rings. The second-order valence-corrected chi connectivity index (χ2v) is 6.53. The molecule has 3 nitrogen and oxygen atoms in total. The minimum absolute atomic E-state index is 0.229. The van der Waals surface area contributed by atoms with Crippen LogP contribution in [0.5, 0.6) is 0 Å². The predicted molar refractivity (Wildman–Crippen MR) is 84.3 cm³/mol. The zero-order valence-electron chi connectivity index (χ0n) is 12.3. The third kappa shape index (κ3) is 2.25. The summed E-state index contributed by atoms with van der Waals surface area (Å²) in [6, 6.07) is 8.53. The number of fused-ring (bicyclic) bond motifs is 1. The van der Waals surface area contributed by atoms with Crippen molar-refractivity contribution in [2.45, 2.75) is 44.6 Å². The summed E-state index contributed by atoms with van der Waals surface area (Å²) >= 11 is 0. The van der Waals surface area contributed by atoms with Gasteiger partial charge in [0.1, 0.15) is 0 Å². The quantitative estimate of drug-likeness (QED) is 0.889. The molecule has 1 atom stereocenters. The molecular formula is C18H22N2O. The van der Waals surface area contributed by atoms with Crippen LogP contribution >= 0.6 is 0 Å². The zero-order valence-corrected chi connectivity index (χ0v) is 12.3. The number of hydrogen-bond acceptors (Lipinski definition) is 1. The predicted octanol–water partition coefficient (Wildman–Crippen LogP) is 3.96. The highest BCUT2D eigenvalue weighted by Crippen LogP contribution is 2.36. The van der Waals surface area contributed by atoms with Crippen molar-refractivity contribution in [3.63, 3.8) is 0 Å². The number of amides is 1. The third-order valence-electron chi connectivity index (χ3n) is 5.30. The van der Waals surface area contributed by atoms with E-state index in [0.29, 0.717) is 6.04 Å². The van der Waals surface area contributed by atoms with E-state index in [9.17, 15) is 4.79 Å². The summed E-state index contributed by atoms with van der Waals surface area (Å²) in [5.74, 6) is 0.972. The lowest BCUT2D eigenvalue weighted by atomic mass is 9.95. The number of aromatic amines is 1. The summed E-state index contributed by atoms with van der Waals surface area (Å²) in [5.41, 5.74) is 1.94. The number of carbonyl (C=O) groups is 1. The Morgan fingerprint density at radius 3 is 2.81 bits per heavy atom. The first-order valence-electron chi connectivity index (χ1n) is 8.21. The molecule has 1 saturated carbocycles. The summed E-state index contributed by atoms with van der Waals surface area (Å²) < 4.78 is 0. The summed E-state index contributed by atoms with van der Waals surface area (Å²) in [4.78, 5) is 18.2. The molecule has 2 aliphatic rings. The van der Waals surface area contributed by atoms with E-state index < -0.39 is 0 Å². The van der Waals surface area contributed by atoms with Gasteiger partial charge in [0, 0.05) is 35.2 Å². The smallest absolute Gasteiger partial charge is 0.254 e. The first kappa shape index (κ1) is 12.9. The number of H-pyrrole nitrogens is 1. The van der Waals surface area contributed by atoms with Gasteiger partial charge in [-0.15, -0.1) is 0 Å². The van der Waals surface area contributed by atoms with Gasteiger partial charge in [-0.2, -0.15) is 0 Å². The molecule has 21 heavy (non-hydrogen) atoms. The van der Waals surface area contributed by atoms with E-state index in [1.165, 1.54) is 38.5 Å². The van der Waals surface area contributed by atoms with Crippen molar-refractivity contribution in [1.82, 2.24) is 9.88 Å². The maximum Gasteiger partial charge on any atom is 0.254 e. The molecule has 1 aliphatic carbocycles. The van der Waals surface area contributed by atoms with Gasteiger partial charge in [0.05, 0.1) is 0 Å². The van der Waals surface area contributed by atoms with Crippen LogP contribution in [0, 0.1) is 5.92 Å². The summed E-state index contributed by atoms with van der Waals surface area (Å²) in [7, 11) is 0. The summed E-state index contributed by atoms with van der Waals surface area (Å²) in [6.45, 7) is 0.936. The Hall–Kier alpha value is -1.77. The minimum Gasteiger partial charge on any atom is -0.361 e. The number of benzene rings is 1. The number of likely N-dealkylation sites (tertiary alicyclic amines) is 1. The molecule has 1 amide bonds. The van der Waals surface area contributed by atoms with Crippen LogP contribution in [0.4, 0.5) is 0 Å². The van der Waals surface area contributed by atoms with E-state index in [-0.39, 0.29) is 5.91 Å². The molecule has 3 heteroatoms. The van der Waals surface area contributed by atoms with E-state index in [0.717, 1.165) is 28.9 Å². The third-order valence-corrected chi connectivity index (χ3v) is 5.30. The summed E-state index contributed by atoms with van der Waals surface area (Å²) in [6.07, 6.45) is 9.60. The van der Waals surface area contributed by atoms with Gasteiger partial charge >= 0.3 is 0 Å². The number of nitrogens with zero attached hydrogens (tertiary/aromatic N) is 1. The van der Waals surface area contributed by atoms with Crippen LogP contribution in [0.2, 0.25) is 0 Å². The van der Waals surface area contributed by atoms with Crippen LogP contribution in [0.1, 0.15) is 48.9 Å². The Morgan fingerprint density at radius 2 is 1.95 bits per heavy atom. The van der Waals surface area contributed by atoms with E-state index >= 15 is 0 Å². The lowest BCUT2D eigenvalue weighted by molar-refractivity contribution is 0.0689.